The Morgan fingerprint density at radius 3 is 2.28 bits per heavy atom. The maximum atomic E-state index is 13.8. The number of imide groups is 1. The maximum Gasteiger partial charge on any atom is 0.262 e. The molecule has 2 aromatic rings. The van der Waals surface area contributed by atoms with Crippen LogP contribution in [0.1, 0.15) is 59.0 Å². The van der Waals surface area contributed by atoms with Gasteiger partial charge in [-0.3, -0.25) is 24.1 Å². The van der Waals surface area contributed by atoms with Gasteiger partial charge < -0.3 is 9.47 Å². The summed E-state index contributed by atoms with van der Waals surface area (Å²) in [5.74, 6) is -0.543. The minimum atomic E-state index is -0.820. The summed E-state index contributed by atoms with van der Waals surface area (Å²) in [6, 6.07) is 11.3. The molecule has 0 radical (unpaired) electrons. The van der Waals surface area contributed by atoms with Crippen LogP contribution >= 0.6 is 0 Å². The molecule has 0 aliphatic carbocycles. The molecule has 0 unspecified atom stereocenters. The smallest absolute Gasteiger partial charge is 0.262 e. The number of rotatable bonds is 4. The third-order valence-corrected chi connectivity index (χ3v) is 6.91. The second-order valence-electron chi connectivity index (χ2n) is 9.61. The van der Waals surface area contributed by atoms with E-state index in [1.54, 1.807) is 36.4 Å². The molecule has 0 N–H and O–H groups in total. The number of hydrogen-bond acceptors (Lipinski definition) is 4. The molecule has 1 aromatic heterocycles. The van der Waals surface area contributed by atoms with Crippen LogP contribution in [-0.4, -0.2) is 51.2 Å². The van der Waals surface area contributed by atoms with Crippen LogP contribution in [0, 0.1) is 11.8 Å². The third kappa shape index (κ3) is 3.27. The van der Waals surface area contributed by atoms with Gasteiger partial charge in [0.05, 0.1) is 11.1 Å². The van der Waals surface area contributed by atoms with Crippen molar-refractivity contribution in [2.75, 3.05) is 13.1 Å². The van der Waals surface area contributed by atoms with E-state index in [-0.39, 0.29) is 29.2 Å². The van der Waals surface area contributed by atoms with Gasteiger partial charge in [-0.1, -0.05) is 32.0 Å². The van der Waals surface area contributed by atoms with Crippen molar-refractivity contribution in [3.63, 3.8) is 0 Å². The van der Waals surface area contributed by atoms with Crippen LogP contribution in [0.3, 0.4) is 0 Å². The fraction of sp³-hybridized carbons (Fsp3) is 0.440. The van der Waals surface area contributed by atoms with E-state index in [0.717, 1.165) is 12.1 Å². The average molecular weight is 434 g/mol. The van der Waals surface area contributed by atoms with Crippen LogP contribution < -0.4 is 5.56 Å². The topological polar surface area (TPSA) is 79.7 Å². The van der Waals surface area contributed by atoms with E-state index in [2.05, 4.69) is 0 Å². The van der Waals surface area contributed by atoms with E-state index in [1.807, 2.05) is 29.4 Å². The normalized spacial score (nSPS) is 22.7. The van der Waals surface area contributed by atoms with Crippen molar-refractivity contribution in [1.82, 2.24) is 14.4 Å². The fourth-order valence-corrected chi connectivity index (χ4v) is 5.54. The Labute approximate surface area is 186 Å². The van der Waals surface area contributed by atoms with Crippen LogP contribution in [-0.2, 0) is 11.3 Å². The second-order valence-corrected chi connectivity index (χ2v) is 9.61. The van der Waals surface area contributed by atoms with Crippen molar-refractivity contribution in [2.45, 2.75) is 45.2 Å². The number of piperidine rings is 1. The standard InChI is InChI=1S/C25H27N3O4/c1-15(2)10-21(28-23(30)18-6-3-4-7-19(18)24(28)31)25(32)26-12-16-11-17(14-26)20-8-5-9-22(29)27(20)13-16/h3-9,15-17,21H,10-14H2,1-2H3/t16-,17+,21+/m1/s1. The fourth-order valence-electron chi connectivity index (χ4n) is 5.54. The van der Waals surface area contributed by atoms with Crippen molar-refractivity contribution in [3.8, 4) is 0 Å². The molecule has 2 bridgehead atoms. The van der Waals surface area contributed by atoms with E-state index < -0.39 is 17.9 Å². The Bertz CT molecular complexity index is 1130. The van der Waals surface area contributed by atoms with Gasteiger partial charge in [-0.05, 0) is 42.9 Å². The highest BCUT2D eigenvalue weighted by Gasteiger charge is 2.45. The van der Waals surface area contributed by atoms with E-state index >= 15 is 0 Å². The minimum absolute atomic E-state index is 0.000635. The molecule has 0 saturated carbocycles. The summed E-state index contributed by atoms with van der Waals surface area (Å²) in [5, 5.41) is 0. The number of aromatic nitrogens is 1. The summed E-state index contributed by atoms with van der Waals surface area (Å²) in [4.78, 5) is 55.3. The van der Waals surface area contributed by atoms with E-state index in [0.29, 0.717) is 37.2 Å². The first-order chi connectivity index (χ1) is 15.3. The SMILES string of the molecule is CC(C)C[C@@H](C(=O)N1C[C@H]2C[C@@H](C1)c1cccc(=O)n1C2)N1C(=O)c2ccccc2C1=O. The van der Waals surface area contributed by atoms with E-state index in [9.17, 15) is 19.2 Å². The molecule has 7 heteroatoms. The summed E-state index contributed by atoms with van der Waals surface area (Å²) in [7, 11) is 0. The molecule has 3 aliphatic heterocycles. The molecule has 3 amide bonds. The van der Waals surface area contributed by atoms with Gasteiger partial charge in [0.2, 0.25) is 5.91 Å². The van der Waals surface area contributed by atoms with Crippen LogP contribution in [0.4, 0.5) is 0 Å². The Balaban J connectivity index is 1.45. The Morgan fingerprint density at radius 1 is 0.938 bits per heavy atom. The highest BCUT2D eigenvalue weighted by molar-refractivity contribution is 6.22. The lowest BCUT2D eigenvalue weighted by molar-refractivity contribution is -0.138. The quantitative estimate of drug-likeness (QED) is 0.694. The summed E-state index contributed by atoms with van der Waals surface area (Å²) in [6.07, 6.45) is 1.36. The molecular formula is C25H27N3O4. The van der Waals surface area contributed by atoms with Gasteiger partial charge >= 0.3 is 0 Å². The molecule has 32 heavy (non-hydrogen) atoms. The Morgan fingerprint density at radius 2 is 1.62 bits per heavy atom. The van der Waals surface area contributed by atoms with Crippen molar-refractivity contribution >= 4 is 17.7 Å². The average Bonchev–Trinajstić information content (AvgIpc) is 3.02. The molecular weight excluding hydrogens is 406 g/mol. The zero-order chi connectivity index (χ0) is 22.6. The number of hydrogen-bond donors (Lipinski definition) is 0. The number of carbonyl (C=O) groups is 3. The van der Waals surface area contributed by atoms with Crippen molar-refractivity contribution in [3.05, 3.63) is 69.6 Å². The number of likely N-dealkylation sites (tertiary alicyclic amines) is 1. The maximum absolute atomic E-state index is 13.8. The van der Waals surface area contributed by atoms with E-state index in [4.69, 9.17) is 0 Å². The van der Waals surface area contributed by atoms with Crippen molar-refractivity contribution in [1.29, 1.82) is 0 Å². The first-order valence-electron chi connectivity index (χ1n) is 11.3. The van der Waals surface area contributed by atoms with Crippen LogP contribution in [0.15, 0.2) is 47.3 Å². The van der Waals surface area contributed by atoms with Gasteiger partial charge in [0.15, 0.2) is 0 Å². The second kappa shape index (κ2) is 7.73. The number of fused-ring (bicyclic) bond motifs is 5. The number of amides is 3. The first kappa shape index (κ1) is 20.7. The van der Waals surface area contributed by atoms with Crippen LogP contribution in [0.25, 0.3) is 0 Å². The van der Waals surface area contributed by atoms with Gasteiger partial charge in [-0.2, -0.15) is 0 Å². The largest absolute Gasteiger partial charge is 0.340 e. The van der Waals surface area contributed by atoms with Crippen molar-refractivity contribution < 1.29 is 14.4 Å². The molecule has 1 aromatic carbocycles. The predicted octanol–water partition coefficient (Wildman–Crippen LogP) is 2.50. The molecule has 4 heterocycles. The Hall–Kier alpha value is -3.22. The molecule has 1 saturated heterocycles. The molecule has 3 atom stereocenters. The van der Waals surface area contributed by atoms with Gasteiger partial charge in [0, 0.05) is 37.3 Å². The van der Waals surface area contributed by atoms with Crippen molar-refractivity contribution in [2.24, 2.45) is 11.8 Å². The monoisotopic (exact) mass is 433 g/mol. The minimum Gasteiger partial charge on any atom is -0.340 e. The number of benzene rings is 1. The summed E-state index contributed by atoms with van der Waals surface area (Å²) >= 11 is 0. The molecule has 7 nitrogen and oxygen atoms in total. The molecule has 3 aliphatic rings. The summed E-state index contributed by atoms with van der Waals surface area (Å²) < 4.78 is 1.83. The Kier molecular flexibility index (Phi) is 4.99. The lowest BCUT2D eigenvalue weighted by atomic mass is 9.82. The number of nitrogens with zero attached hydrogens (tertiary/aromatic N) is 3. The number of pyridine rings is 1. The van der Waals surface area contributed by atoms with Crippen LogP contribution in [0.5, 0.6) is 0 Å². The molecule has 0 spiro atoms. The van der Waals surface area contributed by atoms with Gasteiger partial charge in [-0.15, -0.1) is 0 Å². The van der Waals surface area contributed by atoms with Gasteiger partial charge in [0.1, 0.15) is 6.04 Å². The zero-order valence-electron chi connectivity index (χ0n) is 18.4. The molecule has 5 rings (SSSR count). The summed E-state index contributed by atoms with van der Waals surface area (Å²) in [5.41, 5.74) is 1.69. The lowest BCUT2D eigenvalue weighted by Gasteiger charge is -2.44. The molecule has 1 fully saturated rings. The first-order valence-corrected chi connectivity index (χ1v) is 11.3. The van der Waals surface area contributed by atoms with Crippen LogP contribution in [0.2, 0.25) is 0 Å². The zero-order valence-corrected chi connectivity index (χ0v) is 18.4. The number of carbonyl (C=O) groups excluding carboxylic acids is 3. The van der Waals surface area contributed by atoms with E-state index in [1.165, 1.54) is 4.90 Å². The molecule has 166 valence electrons. The lowest BCUT2D eigenvalue weighted by Crippen LogP contribution is -2.56. The highest BCUT2D eigenvalue weighted by atomic mass is 16.2. The van der Waals surface area contributed by atoms with Gasteiger partial charge in [-0.25, -0.2) is 0 Å². The van der Waals surface area contributed by atoms with Gasteiger partial charge in [0.25, 0.3) is 17.4 Å². The third-order valence-electron chi connectivity index (χ3n) is 6.91. The highest BCUT2D eigenvalue weighted by Crippen LogP contribution is 2.36. The predicted molar refractivity (Wildman–Crippen MR) is 118 cm³/mol. The summed E-state index contributed by atoms with van der Waals surface area (Å²) in [6.45, 7) is 5.61.